The molecule has 1 amide bonds. The third-order valence-corrected chi connectivity index (χ3v) is 3.42. The Morgan fingerprint density at radius 1 is 1.00 bits per heavy atom. The Balaban J connectivity index is 2.18. The molecule has 2 aromatic carbocycles. The van der Waals surface area contributed by atoms with Gasteiger partial charge in [0.05, 0.1) is 17.4 Å². The molecule has 0 fully saturated rings. The molecule has 27 heavy (non-hydrogen) atoms. The first-order valence-electron chi connectivity index (χ1n) is 8.14. The van der Waals surface area contributed by atoms with Crippen molar-refractivity contribution in [3.05, 3.63) is 53.6 Å². The van der Waals surface area contributed by atoms with Crippen molar-refractivity contribution < 1.29 is 33.0 Å². The summed E-state index contributed by atoms with van der Waals surface area (Å²) in [6, 6.07) is 6.98. The fourth-order valence-electron chi connectivity index (χ4n) is 2.16. The minimum Gasteiger partial charge on any atom is -0.489 e. The Morgan fingerprint density at radius 2 is 1.70 bits per heavy atom. The molecule has 8 heteroatoms. The van der Waals surface area contributed by atoms with Crippen molar-refractivity contribution in [1.82, 2.24) is 0 Å². The average Bonchev–Trinajstić information content (AvgIpc) is 2.59. The van der Waals surface area contributed by atoms with Crippen LogP contribution in [-0.2, 0) is 4.79 Å². The number of benzene rings is 2. The predicted octanol–water partition coefficient (Wildman–Crippen LogP) is 3.86. The smallest absolute Gasteiger partial charge is 0.335 e. The minimum atomic E-state index is -1.16. The number of amides is 1. The molecule has 2 N–H and O–H groups in total. The van der Waals surface area contributed by atoms with Crippen LogP contribution in [0.25, 0.3) is 0 Å². The standard InChI is InChI=1S/C19H19F2NO5/c1-10(2)26-17-7-4-12(19(24)25)8-16(17)22-18(23)11(3)27-13-5-6-14(20)15(21)9-13/h4-11H,1-3H3,(H,22,23)(H,24,25). The van der Waals surface area contributed by atoms with Gasteiger partial charge in [-0.3, -0.25) is 4.79 Å². The highest BCUT2D eigenvalue weighted by atomic mass is 19.2. The lowest BCUT2D eigenvalue weighted by Gasteiger charge is -2.18. The number of nitrogens with one attached hydrogen (secondary N) is 1. The zero-order valence-corrected chi connectivity index (χ0v) is 15.0. The second-order valence-corrected chi connectivity index (χ2v) is 6.01. The zero-order chi connectivity index (χ0) is 20.1. The first kappa shape index (κ1) is 20.2. The van der Waals surface area contributed by atoms with Gasteiger partial charge < -0.3 is 19.9 Å². The van der Waals surface area contributed by atoms with Crippen molar-refractivity contribution in [2.45, 2.75) is 33.0 Å². The van der Waals surface area contributed by atoms with E-state index in [0.29, 0.717) is 5.75 Å². The zero-order valence-electron chi connectivity index (χ0n) is 15.0. The van der Waals surface area contributed by atoms with Gasteiger partial charge >= 0.3 is 5.97 Å². The van der Waals surface area contributed by atoms with E-state index in [1.54, 1.807) is 13.8 Å². The van der Waals surface area contributed by atoms with Gasteiger partial charge in [-0.2, -0.15) is 0 Å². The van der Waals surface area contributed by atoms with Crippen LogP contribution in [0, 0.1) is 11.6 Å². The fraction of sp³-hybridized carbons (Fsp3) is 0.263. The Bertz CT molecular complexity index is 854. The molecule has 144 valence electrons. The third kappa shape index (κ3) is 5.40. The summed E-state index contributed by atoms with van der Waals surface area (Å²) >= 11 is 0. The van der Waals surface area contributed by atoms with Crippen LogP contribution < -0.4 is 14.8 Å². The number of aromatic carboxylic acids is 1. The van der Waals surface area contributed by atoms with E-state index in [4.69, 9.17) is 14.6 Å². The first-order chi connectivity index (χ1) is 12.7. The monoisotopic (exact) mass is 379 g/mol. The number of halogens is 2. The van der Waals surface area contributed by atoms with E-state index < -0.39 is 29.6 Å². The van der Waals surface area contributed by atoms with Gasteiger partial charge in [0.25, 0.3) is 5.91 Å². The quantitative estimate of drug-likeness (QED) is 0.763. The van der Waals surface area contributed by atoms with Gasteiger partial charge in [0, 0.05) is 6.07 Å². The number of carboxylic acids is 1. The van der Waals surface area contributed by atoms with Gasteiger partial charge in [0.1, 0.15) is 11.5 Å². The molecule has 6 nitrogen and oxygen atoms in total. The summed E-state index contributed by atoms with van der Waals surface area (Å²) in [6.07, 6.45) is -1.26. The highest BCUT2D eigenvalue weighted by molar-refractivity contribution is 5.97. The third-order valence-electron chi connectivity index (χ3n) is 3.42. The van der Waals surface area contributed by atoms with E-state index in [2.05, 4.69) is 5.32 Å². The largest absolute Gasteiger partial charge is 0.489 e. The minimum absolute atomic E-state index is 0.0190. The van der Waals surface area contributed by atoms with E-state index in [9.17, 15) is 18.4 Å². The molecule has 0 aromatic heterocycles. The Hall–Kier alpha value is -3.16. The number of hydrogen-bond donors (Lipinski definition) is 2. The van der Waals surface area contributed by atoms with Crippen molar-refractivity contribution in [2.24, 2.45) is 0 Å². The Kier molecular flexibility index (Phi) is 6.33. The van der Waals surface area contributed by atoms with Gasteiger partial charge in [0.15, 0.2) is 17.7 Å². The summed E-state index contributed by atoms with van der Waals surface area (Å²) in [5.74, 6) is -3.62. The molecule has 0 spiro atoms. The van der Waals surface area contributed by atoms with Crippen LogP contribution in [0.2, 0.25) is 0 Å². The van der Waals surface area contributed by atoms with Crippen molar-refractivity contribution in [3.8, 4) is 11.5 Å². The SMILES string of the molecule is CC(C)Oc1ccc(C(=O)O)cc1NC(=O)C(C)Oc1ccc(F)c(F)c1. The molecule has 0 aliphatic rings. The van der Waals surface area contributed by atoms with Gasteiger partial charge in [-0.25, -0.2) is 13.6 Å². The molecular formula is C19H19F2NO5. The highest BCUT2D eigenvalue weighted by Crippen LogP contribution is 2.27. The highest BCUT2D eigenvalue weighted by Gasteiger charge is 2.19. The summed E-state index contributed by atoms with van der Waals surface area (Å²) in [6.45, 7) is 4.98. The van der Waals surface area contributed by atoms with E-state index in [1.807, 2.05) is 0 Å². The van der Waals surface area contributed by atoms with E-state index >= 15 is 0 Å². The molecule has 1 unspecified atom stereocenters. The van der Waals surface area contributed by atoms with Gasteiger partial charge in [-0.1, -0.05) is 0 Å². The van der Waals surface area contributed by atoms with Crippen LogP contribution in [0.1, 0.15) is 31.1 Å². The van der Waals surface area contributed by atoms with E-state index in [-0.39, 0.29) is 23.1 Å². The van der Waals surface area contributed by atoms with Crippen LogP contribution in [0.5, 0.6) is 11.5 Å². The number of carbonyl (C=O) groups excluding carboxylic acids is 1. The van der Waals surface area contributed by atoms with Crippen molar-refractivity contribution in [1.29, 1.82) is 0 Å². The molecule has 2 aromatic rings. The van der Waals surface area contributed by atoms with Crippen LogP contribution in [0.4, 0.5) is 14.5 Å². The van der Waals surface area contributed by atoms with Crippen LogP contribution >= 0.6 is 0 Å². The maximum atomic E-state index is 13.2. The van der Waals surface area contributed by atoms with Crippen molar-refractivity contribution >= 4 is 17.6 Å². The van der Waals surface area contributed by atoms with Crippen LogP contribution in [-0.4, -0.2) is 29.2 Å². The molecular weight excluding hydrogens is 360 g/mol. The van der Waals surface area contributed by atoms with E-state index in [0.717, 1.165) is 12.1 Å². The molecule has 0 aliphatic heterocycles. The lowest BCUT2D eigenvalue weighted by atomic mass is 10.1. The number of anilines is 1. The number of hydrogen-bond acceptors (Lipinski definition) is 4. The predicted molar refractivity (Wildman–Crippen MR) is 94.2 cm³/mol. The fourth-order valence-corrected chi connectivity index (χ4v) is 2.16. The maximum Gasteiger partial charge on any atom is 0.335 e. The summed E-state index contributed by atoms with van der Waals surface area (Å²) in [5, 5.41) is 11.7. The summed E-state index contributed by atoms with van der Waals surface area (Å²) in [5.41, 5.74) is 0.130. The first-order valence-corrected chi connectivity index (χ1v) is 8.14. The van der Waals surface area contributed by atoms with E-state index in [1.165, 1.54) is 31.2 Å². The lowest BCUT2D eigenvalue weighted by Crippen LogP contribution is -2.30. The Morgan fingerprint density at radius 3 is 2.30 bits per heavy atom. The van der Waals surface area contributed by atoms with Gasteiger partial charge in [-0.15, -0.1) is 0 Å². The topological polar surface area (TPSA) is 84.9 Å². The van der Waals surface area contributed by atoms with Crippen molar-refractivity contribution in [2.75, 3.05) is 5.32 Å². The molecule has 0 bridgehead atoms. The molecule has 1 atom stereocenters. The molecule has 0 heterocycles. The van der Waals surface area contributed by atoms with Crippen LogP contribution in [0.3, 0.4) is 0 Å². The Labute approximate surface area is 154 Å². The summed E-state index contributed by atoms with van der Waals surface area (Å²) in [4.78, 5) is 23.5. The molecule has 0 aliphatic carbocycles. The summed E-state index contributed by atoms with van der Waals surface area (Å²) < 4.78 is 37.1. The maximum absolute atomic E-state index is 13.2. The number of rotatable bonds is 7. The van der Waals surface area contributed by atoms with Crippen LogP contribution in [0.15, 0.2) is 36.4 Å². The lowest BCUT2D eigenvalue weighted by molar-refractivity contribution is -0.122. The number of ether oxygens (including phenoxy) is 2. The molecule has 0 saturated carbocycles. The second-order valence-electron chi connectivity index (χ2n) is 6.01. The summed E-state index contributed by atoms with van der Waals surface area (Å²) in [7, 11) is 0. The van der Waals surface area contributed by atoms with Gasteiger partial charge in [-0.05, 0) is 51.1 Å². The molecule has 0 radical (unpaired) electrons. The van der Waals surface area contributed by atoms with Gasteiger partial charge in [0.2, 0.25) is 0 Å². The molecule has 0 saturated heterocycles. The van der Waals surface area contributed by atoms with Crippen molar-refractivity contribution in [3.63, 3.8) is 0 Å². The number of carboxylic acid groups (broad SMARTS) is 1. The molecule has 2 rings (SSSR count). The number of carbonyl (C=O) groups is 2. The average molecular weight is 379 g/mol. The normalized spacial score (nSPS) is 11.8. The second kappa shape index (κ2) is 8.48.